The standard InChI is InChI=1S/C17H19F2NO/c1-21-16-5-3-14-11-13(2-4-15(14)20-16)10-12-6-8-17(18,19)9-7-12/h2-5,11-12H,6-10H2,1H3. The van der Waals surface area contributed by atoms with E-state index in [1.54, 1.807) is 7.11 Å². The van der Waals surface area contributed by atoms with Gasteiger partial charge in [0.1, 0.15) is 0 Å². The van der Waals surface area contributed by atoms with Crippen LogP contribution in [0.15, 0.2) is 30.3 Å². The van der Waals surface area contributed by atoms with Crippen LogP contribution < -0.4 is 4.74 Å². The van der Waals surface area contributed by atoms with E-state index in [0.29, 0.717) is 24.6 Å². The van der Waals surface area contributed by atoms with Crippen molar-refractivity contribution >= 4 is 10.9 Å². The van der Waals surface area contributed by atoms with Gasteiger partial charge in [-0.3, -0.25) is 0 Å². The third kappa shape index (κ3) is 3.31. The molecule has 0 spiro atoms. The van der Waals surface area contributed by atoms with E-state index in [0.717, 1.165) is 17.3 Å². The highest BCUT2D eigenvalue weighted by molar-refractivity contribution is 5.79. The van der Waals surface area contributed by atoms with E-state index in [4.69, 9.17) is 4.74 Å². The van der Waals surface area contributed by atoms with E-state index < -0.39 is 5.92 Å². The van der Waals surface area contributed by atoms with Crippen LogP contribution in [0, 0.1) is 5.92 Å². The van der Waals surface area contributed by atoms with E-state index in [2.05, 4.69) is 11.1 Å². The number of nitrogens with zero attached hydrogens (tertiary/aromatic N) is 1. The fourth-order valence-electron chi connectivity index (χ4n) is 3.03. The molecular formula is C17H19F2NO. The summed E-state index contributed by atoms with van der Waals surface area (Å²) in [6.45, 7) is 0. The maximum Gasteiger partial charge on any atom is 0.248 e. The summed E-state index contributed by atoms with van der Waals surface area (Å²) < 4.78 is 31.5. The number of aromatic nitrogens is 1. The second-order valence-electron chi connectivity index (χ2n) is 5.88. The highest BCUT2D eigenvalue weighted by Crippen LogP contribution is 2.37. The fourth-order valence-corrected chi connectivity index (χ4v) is 3.03. The molecule has 3 rings (SSSR count). The Hall–Kier alpha value is -1.71. The molecule has 1 aromatic carbocycles. The van der Waals surface area contributed by atoms with Crippen molar-refractivity contribution in [3.05, 3.63) is 35.9 Å². The Bertz CT molecular complexity index is 632. The Morgan fingerprint density at radius 3 is 2.67 bits per heavy atom. The normalized spacial score (nSPS) is 18.8. The van der Waals surface area contributed by atoms with Gasteiger partial charge < -0.3 is 4.74 Å². The quantitative estimate of drug-likeness (QED) is 0.823. The molecule has 0 N–H and O–H groups in total. The van der Waals surface area contributed by atoms with Crippen LogP contribution in [0.4, 0.5) is 8.78 Å². The molecule has 112 valence electrons. The van der Waals surface area contributed by atoms with Crippen LogP contribution in [0.1, 0.15) is 31.2 Å². The molecule has 1 saturated carbocycles. The van der Waals surface area contributed by atoms with Gasteiger partial charge in [-0.15, -0.1) is 0 Å². The summed E-state index contributed by atoms with van der Waals surface area (Å²) in [4.78, 5) is 4.38. The van der Waals surface area contributed by atoms with Crippen LogP contribution in [0.3, 0.4) is 0 Å². The van der Waals surface area contributed by atoms with Crippen LogP contribution in [0.5, 0.6) is 5.88 Å². The van der Waals surface area contributed by atoms with Crippen LogP contribution in [0.2, 0.25) is 0 Å². The highest BCUT2D eigenvalue weighted by atomic mass is 19.3. The molecule has 1 heterocycles. The Morgan fingerprint density at radius 2 is 1.95 bits per heavy atom. The van der Waals surface area contributed by atoms with Crippen LogP contribution in [-0.2, 0) is 6.42 Å². The number of alkyl halides is 2. The monoisotopic (exact) mass is 291 g/mol. The number of rotatable bonds is 3. The number of hydrogen-bond acceptors (Lipinski definition) is 2. The molecule has 0 atom stereocenters. The number of benzene rings is 1. The van der Waals surface area contributed by atoms with Crippen molar-refractivity contribution in [3.8, 4) is 5.88 Å². The van der Waals surface area contributed by atoms with Crippen molar-refractivity contribution in [2.45, 2.75) is 38.0 Å². The lowest BCUT2D eigenvalue weighted by atomic mass is 9.83. The van der Waals surface area contributed by atoms with Crippen LogP contribution in [-0.4, -0.2) is 18.0 Å². The van der Waals surface area contributed by atoms with Gasteiger partial charge in [0.15, 0.2) is 0 Å². The molecule has 1 aliphatic carbocycles. The highest BCUT2D eigenvalue weighted by Gasteiger charge is 2.34. The van der Waals surface area contributed by atoms with E-state index in [1.165, 1.54) is 5.56 Å². The Labute approximate surface area is 123 Å². The minimum Gasteiger partial charge on any atom is -0.481 e. The minimum atomic E-state index is -2.44. The van der Waals surface area contributed by atoms with E-state index in [1.807, 2.05) is 24.3 Å². The fraction of sp³-hybridized carbons (Fsp3) is 0.471. The third-order valence-electron chi connectivity index (χ3n) is 4.30. The molecule has 0 aliphatic heterocycles. The zero-order valence-electron chi connectivity index (χ0n) is 12.1. The van der Waals surface area contributed by atoms with Gasteiger partial charge >= 0.3 is 0 Å². The zero-order valence-corrected chi connectivity index (χ0v) is 12.1. The molecule has 4 heteroatoms. The lowest BCUT2D eigenvalue weighted by Gasteiger charge is -2.28. The van der Waals surface area contributed by atoms with Gasteiger partial charge in [0.25, 0.3) is 0 Å². The first-order valence-electron chi connectivity index (χ1n) is 7.37. The number of halogens is 2. The van der Waals surface area contributed by atoms with E-state index >= 15 is 0 Å². The van der Waals surface area contributed by atoms with Crippen molar-refractivity contribution in [1.29, 1.82) is 0 Å². The van der Waals surface area contributed by atoms with Gasteiger partial charge in [-0.2, -0.15) is 0 Å². The SMILES string of the molecule is COc1ccc2cc(CC3CCC(F)(F)CC3)ccc2n1. The first-order chi connectivity index (χ1) is 10.1. The number of ether oxygens (including phenoxy) is 1. The number of fused-ring (bicyclic) bond motifs is 1. The summed E-state index contributed by atoms with van der Waals surface area (Å²) in [6, 6.07) is 9.95. The predicted octanol–water partition coefficient (Wildman–Crippen LogP) is 4.61. The molecule has 21 heavy (non-hydrogen) atoms. The molecule has 0 unspecified atom stereocenters. The lowest BCUT2D eigenvalue weighted by Crippen LogP contribution is -2.25. The summed E-state index contributed by atoms with van der Waals surface area (Å²) in [6.07, 6.45) is 2.17. The molecule has 2 aromatic rings. The maximum absolute atomic E-state index is 13.2. The van der Waals surface area contributed by atoms with Crippen molar-refractivity contribution in [3.63, 3.8) is 0 Å². The van der Waals surface area contributed by atoms with Gasteiger partial charge in [-0.05, 0) is 48.9 Å². The molecule has 2 nitrogen and oxygen atoms in total. The topological polar surface area (TPSA) is 22.1 Å². The second-order valence-corrected chi connectivity index (χ2v) is 5.88. The Kier molecular flexibility index (Phi) is 3.79. The molecule has 0 saturated heterocycles. The van der Waals surface area contributed by atoms with E-state index in [-0.39, 0.29) is 12.8 Å². The first-order valence-corrected chi connectivity index (χ1v) is 7.37. The van der Waals surface area contributed by atoms with Crippen molar-refractivity contribution in [2.24, 2.45) is 5.92 Å². The lowest BCUT2D eigenvalue weighted by molar-refractivity contribution is -0.0456. The summed E-state index contributed by atoms with van der Waals surface area (Å²) in [5, 5.41) is 1.06. The molecule has 1 fully saturated rings. The molecule has 0 radical (unpaired) electrons. The van der Waals surface area contributed by atoms with Gasteiger partial charge in [0.2, 0.25) is 11.8 Å². The van der Waals surface area contributed by atoms with Crippen molar-refractivity contribution < 1.29 is 13.5 Å². The third-order valence-corrected chi connectivity index (χ3v) is 4.30. The smallest absolute Gasteiger partial charge is 0.248 e. The molecule has 0 bridgehead atoms. The summed E-state index contributed by atoms with van der Waals surface area (Å²) >= 11 is 0. The Morgan fingerprint density at radius 1 is 1.19 bits per heavy atom. The zero-order chi connectivity index (χ0) is 14.9. The molecule has 0 amide bonds. The maximum atomic E-state index is 13.2. The van der Waals surface area contributed by atoms with Crippen molar-refractivity contribution in [1.82, 2.24) is 4.98 Å². The summed E-state index contributed by atoms with van der Waals surface area (Å²) in [7, 11) is 1.60. The van der Waals surface area contributed by atoms with E-state index in [9.17, 15) is 8.78 Å². The average Bonchev–Trinajstić information content (AvgIpc) is 2.49. The average molecular weight is 291 g/mol. The minimum absolute atomic E-state index is 0.0317. The van der Waals surface area contributed by atoms with Gasteiger partial charge in [-0.25, -0.2) is 13.8 Å². The number of pyridine rings is 1. The largest absolute Gasteiger partial charge is 0.481 e. The summed E-state index contributed by atoms with van der Waals surface area (Å²) in [5.74, 6) is -1.47. The van der Waals surface area contributed by atoms with Gasteiger partial charge in [-0.1, -0.05) is 6.07 Å². The molecule has 1 aromatic heterocycles. The molecular weight excluding hydrogens is 272 g/mol. The molecule has 1 aliphatic rings. The summed E-state index contributed by atoms with van der Waals surface area (Å²) in [5.41, 5.74) is 2.10. The first kappa shape index (κ1) is 14.2. The second kappa shape index (κ2) is 5.58. The van der Waals surface area contributed by atoms with Crippen molar-refractivity contribution in [2.75, 3.05) is 7.11 Å². The van der Waals surface area contributed by atoms with Crippen LogP contribution in [0.25, 0.3) is 10.9 Å². The number of methoxy groups -OCH3 is 1. The Balaban J connectivity index is 1.73. The van der Waals surface area contributed by atoms with Crippen LogP contribution >= 0.6 is 0 Å². The van der Waals surface area contributed by atoms with Gasteiger partial charge in [0, 0.05) is 24.3 Å². The predicted molar refractivity (Wildman–Crippen MR) is 78.9 cm³/mol. The number of hydrogen-bond donors (Lipinski definition) is 0. The van der Waals surface area contributed by atoms with Gasteiger partial charge in [0.05, 0.1) is 12.6 Å².